The van der Waals surface area contributed by atoms with Crippen LogP contribution in [0.1, 0.15) is 55.5 Å². The Kier molecular flexibility index (Phi) is 4.40. The van der Waals surface area contributed by atoms with E-state index in [9.17, 15) is 5.11 Å². The number of phenolic OH excluding ortho intramolecular Hbond substituents is 1. The van der Waals surface area contributed by atoms with E-state index in [0.717, 1.165) is 36.8 Å². The standard InChI is InChI=1S/C15H24O/c1-6-11-10(5)12(7-2)14(9-4)15(16)13(11)8-3/h16H,6-9H2,1-5H3. The van der Waals surface area contributed by atoms with E-state index >= 15 is 0 Å². The minimum Gasteiger partial charge on any atom is -0.507 e. The van der Waals surface area contributed by atoms with Crippen LogP contribution in [0.5, 0.6) is 5.75 Å². The van der Waals surface area contributed by atoms with Gasteiger partial charge >= 0.3 is 0 Å². The second kappa shape index (κ2) is 5.38. The molecule has 0 saturated heterocycles. The van der Waals surface area contributed by atoms with E-state index in [1.165, 1.54) is 16.7 Å². The molecule has 0 radical (unpaired) electrons. The lowest BCUT2D eigenvalue weighted by Crippen LogP contribution is -2.05. The van der Waals surface area contributed by atoms with Gasteiger partial charge in [-0.3, -0.25) is 0 Å². The van der Waals surface area contributed by atoms with Crippen molar-refractivity contribution in [2.45, 2.75) is 60.3 Å². The molecule has 1 N–H and O–H groups in total. The van der Waals surface area contributed by atoms with Crippen LogP contribution in [-0.2, 0) is 25.7 Å². The van der Waals surface area contributed by atoms with Gasteiger partial charge in [0.1, 0.15) is 5.75 Å². The molecule has 0 atom stereocenters. The van der Waals surface area contributed by atoms with E-state index in [-0.39, 0.29) is 0 Å². The SMILES string of the molecule is CCc1c(C)c(CC)c(CC)c(O)c1CC. The van der Waals surface area contributed by atoms with Crippen LogP contribution in [0.2, 0.25) is 0 Å². The Hall–Kier alpha value is -0.980. The maximum atomic E-state index is 10.3. The fourth-order valence-corrected chi connectivity index (χ4v) is 2.82. The molecule has 0 aliphatic carbocycles. The highest BCUT2D eigenvalue weighted by Gasteiger charge is 2.17. The molecular formula is C15H24O. The third-order valence-electron chi connectivity index (χ3n) is 3.62. The van der Waals surface area contributed by atoms with E-state index in [1.54, 1.807) is 0 Å². The van der Waals surface area contributed by atoms with Crippen molar-refractivity contribution in [1.29, 1.82) is 0 Å². The maximum Gasteiger partial charge on any atom is 0.122 e. The third kappa shape index (κ3) is 1.95. The largest absolute Gasteiger partial charge is 0.507 e. The van der Waals surface area contributed by atoms with Crippen molar-refractivity contribution in [2.24, 2.45) is 0 Å². The Labute approximate surface area is 99.5 Å². The molecule has 0 bridgehead atoms. The smallest absolute Gasteiger partial charge is 0.122 e. The molecule has 0 aliphatic heterocycles. The molecule has 1 aromatic rings. The van der Waals surface area contributed by atoms with Gasteiger partial charge in [-0.1, -0.05) is 27.7 Å². The number of aromatic hydroxyl groups is 1. The molecule has 90 valence electrons. The number of hydrogen-bond donors (Lipinski definition) is 1. The number of phenols is 1. The summed E-state index contributed by atoms with van der Waals surface area (Å²) >= 11 is 0. The molecule has 0 unspecified atom stereocenters. The summed E-state index contributed by atoms with van der Waals surface area (Å²) in [4.78, 5) is 0. The first kappa shape index (κ1) is 13.1. The van der Waals surface area contributed by atoms with Crippen molar-refractivity contribution < 1.29 is 5.11 Å². The van der Waals surface area contributed by atoms with Gasteiger partial charge in [-0.2, -0.15) is 0 Å². The summed E-state index contributed by atoms with van der Waals surface area (Å²) in [6, 6.07) is 0. The minimum atomic E-state index is 0.560. The second-order valence-corrected chi connectivity index (χ2v) is 4.30. The Morgan fingerprint density at radius 1 is 0.688 bits per heavy atom. The highest BCUT2D eigenvalue weighted by molar-refractivity contribution is 5.55. The zero-order valence-electron chi connectivity index (χ0n) is 11.3. The molecule has 0 heterocycles. The average molecular weight is 220 g/mol. The Morgan fingerprint density at radius 2 is 1.00 bits per heavy atom. The number of hydrogen-bond acceptors (Lipinski definition) is 1. The van der Waals surface area contributed by atoms with Crippen LogP contribution in [0.15, 0.2) is 0 Å². The Balaban J connectivity index is 3.60. The van der Waals surface area contributed by atoms with Gasteiger partial charge in [0.15, 0.2) is 0 Å². The van der Waals surface area contributed by atoms with Crippen LogP contribution in [0.25, 0.3) is 0 Å². The van der Waals surface area contributed by atoms with E-state index in [0.29, 0.717) is 5.75 Å². The molecule has 0 saturated carbocycles. The van der Waals surface area contributed by atoms with Gasteiger partial charge < -0.3 is 5.11 Å². The van der Waals surface area contributed by atoms with Crippen LogP contribution < -0.4 is 0 Å². The first-order valence-corrected chi connectivity index (χ1v) is 6.47. The molecule has 1 heteroatoms. The van der Waals surface area contributed by atoms with E-state index in [2.05, 4.69) is 34.6 Å². The van der Waals surface area contributed by atoms with Gasteiger partial charge in [-0.25, -0.2) is 0 Å². The van der Waals surface area contributed by atoms with Crippen molar-refractivity contribution in [1.82, 2.24) is 0 Å². The summed E-state index contributed by atoms with van der Waals surface area (Å²) in [5.41, 5.74) is 6.43. The van der Waals surface area contributed by atoms with Crippen molar-refractivity contribution >= 4 is 0 Å². The van der Waals surface area contributed by atoms with Gasteiger partial charge in [-0.05, 0) is 60.4 Å². The van der Waals surface area contributed by atoms with Gasteiger partial charge in [0.05, 0.1) is 0 Å². The zero-order valence-corrected chi connectivity index (χ0v) is 11.3. The van der Waals surface area contributed by atoms with Crippen LogP contribution in [0, 0.1) is 6.92 Å². The normalized spacial score (nSPS) is 10.8. The predicted octanol–water partition coefficient (Wildman–Crippen LogP) is 3.95. The van der Waals surface area contributed by atoms with Crippen molar-refractivity contribution in [2.75, 3.05) is 0 Å². The lowest BCUT2D eigenvalue weighted by Gasteiger charge is -2.20. The van der Waals surface area contributed by atoms with E-state index in [1.807, 2.05) is 0 Å². The molecular weight excluding hydrogens is 196 g/mol. The van der Waals surface area contributed by atoms with Crippen LogP contribution in [-0.4, -0.2) is 5.11 Å². The Bertz CT molecular complexity index is 308. The highest BCUT2D eigenvalue weighted by atomic mass is 16.3. The third-order valence-corrected chi connectivity index (χ3v) is 3.62. The van der Waals surface area contributed by atoms with Crippen LogP contribution in [0.4, 0.5) is 0 Å². The molecule has 1 rings (SSSR count). The van der Waals surface area contributed by atoms with E-state index in [4.69, 9.17) is 0 Å². The van der Waals surface area contributed by atoms with Crippen molar-refractivity contribution in [3.8, 4) is 5.75 Å². The second-order valence-electron chi connectivity index (χ2n) is 4.30. The van der Waals surface area contributed by atoms with Crippen LogP contribution in [0.3, 0.4) is 0 Å². The van der Waals surface area contributed by atoms with Gasteiger partial charge in [0, 0.05) is 0 Å². The minimum absolute atomic E-state index is 0.560. The predicted molar refractivity (Wildman–Crippen MR) is 70.4 cm³/mol. The fourth-order valence-electron chi connectivity index (χ4n) is 2.82. The summed E-state index contributed by atoms with van der Waals surface area (Å²) in [5.74, 6) is 0.560. The molecule has 0 amide bonds. The topological polar surface area (TPSA) is 20.2 Å². The van der Waals surface area contributed by atoms with Crippen LogP contribution >= 0.6 is 0 Å². The molecule has 0 aromatic heterocycles. The average Bonchev–Trinajstić information content (AvgIpc) is 2.30. The molecule has 1 nitrogen and oxygen atoms in total. The molecule has 0 aliphatic rings. The summed E-state index contributed by atoms with van der Waals surface area (Å²) < 4.78 is 0. The number of benzene rings is 1. The maximum absolute atomic E-state index is 10.3. The first-order chi connectivity index (χ1) is 7.62. The fraction of sp³-hybridized carbons (Fsp3) is 0.600. The lowest BCUT2D eigenvalue weighted by atomic mass is 9.87. The van der Waals surface area contributed by atoms with E-state index < -0.39 is 0 Å². The summed E-state index contributed by atoms with van der Waals surface area (Å²) in [6.07, 6.45) is 3.87. The quantitative estimate of drug-likeness (QED) is 0.814. The van der Waals surface area contributed by atoms with Gasteiger partial charge in [0.25, 0.3) is 0 Å². The number of rotatable bonds is 4. The summed E-state index contributed by atoms with van der Waals surface area (Å²) in [6.45, 7) is 10.8. The monoisotopic (exact) mass is 220 g/mol. The highest BCUT2D eigenvalue weighted by Crippen LogP contribution is 2.34. The van der Waals surface area contributed by atoms with Gasteiger partial charge in [0.2, 0.25) is 0 Å². The molecule has 16 heavy (non-hydrogen) atoms. The molecule has 1 aromatic carbocycles. The van der Waals surface area contributed by atoms with Crippen molar-refractivity contribution in [3.05, 3.63) is 27.8 Å². The Morgan fingerprint density at radius 3 is 1.25 bits per heavy atom. The van der Waals surface area contributed by atoms with Crippen molar-refractivity contribution in [3.63, 3.8) is 0 Å². The molecule has 0 spiro atoms. The summed E-state index contributed by atoms with van der Waals surface area (Å²) in [5, 5.41) is 10.3. The van der Waals surface area contributed by atoms with Gasteiger partial charge in [-0.15, -0.1) is 0 Å². The zero-order chi connectivity index (χ0) is 12.3. The first-order valence-electron chi connectivity index (χ1n) is 6.47. The summed E-state index contributed by atoms with van der Waals surface area (Å²) in [7, 11) is 0. The molecule has 0 fully saturated rings. The lowest BCUT2D eigenvalue weighted by molar-refractivity contribution is 0.459.